The molecule has 1 aromatic carbocycles. The van der Waals surface area contributed by atoms with Crippen molar-refractivity contribution >= 4 is 15.8 Å². The van der Waals surface area contributed by atoms with Crippen molar-refractivity contribution in [2.75, 3.05) is 20.0 Å². The highest BCUT2D eigenvalue weighted by atomic mass is 32.2. The van der Waals surface area contributed by atoms with Crippen LogP contribution in [0.3, 0.4) is 0 Å². The van der Waals surface area contributed by atoms with Crippen LogP contribution in [-0.4, -0.2) is 34.4 Å². The number of benzene rings is 1. The molecule has 0 unspecified atom stereocenters. The Morgan fingerprint density at radius 3 is 2.37 bits per heavy atom. The van der Waals surface area contributed by atoms with E-state index < -0.39 is 21.2 Å². The van der Waals surface area contributed by atoms with Gasteiger partial charge in [0.25, 0.3) is 0 Å². The fourth-order valence-electron chi connectivity index (χ4n) is 7.45. The van der Waals surface area contributed by atoms with Crippen LogP contribution in [0, 0.1) is 22.7 Å². The topological polar surface area (TPSA) is 69.7 Å². The summed E-state index contributed by atoms with van der Waals surface area (Å²) in [4.78, 5) is 13.0. The summed E-state index contributed by atoms with van der Waals surface area (Å²) in [7, 11) is -0.735. The second-order valence-electron chi connectivity index (χ2n) is 10.7. The van der Waals surface area contributed by atoms with Crippen molar-refractivity contribution in [3.8, 4) is 5.75 Å². The molecule has 0 saturated heterocycles. The zero-order valence-electron chi connectivity index (χ0n) is 19.0. The number of methoxy groups -OCH3 is 2. The van der Waals surface area contributed by atoms with Crippen LogP contribution in [0.4, 0.5) is 0 Å². The molecule has 1 aromatic rings. The lowest BCUT2D eigenvalue weighted by Crippen LogP contribution is -2.60. The Morgan fingerprint density at radius 2 is 1.73 bits per heavy atom. The highest BCUT2D eigenvalue weighted by Gasteiger charge is 2.62. The Kier molecular flexibility index (Phi) is 4.85. The average Bonchev–Trinajstić information content (AvgIpc) is 2.68. The largest absolute Gasteiger partial charge is 0.497 e. The molecular weight excluding hydrogens is 400 g/mol. The van der Waals surface area contributed by atoms with Crippen molar-refractivity contribution in [2.45, 2.75) is 70.1 Å². The third-order valence-corrected chi connectivity index (χ3v) is 10.6. The molecule has 5 nitrogen and oxygen atoms in total. The molecule has 0 radical (unpaired) electrons. The van der Waals surface area contributed by atoms with Crippen molar-refractivity contribution in [1.29, 1.82) is 0 Å². The van der Waals surface area contributed by atoms with Gasteiger partial charge in [-0.2, -0.15) is 0 Å². The number of hydrogen-bond acceptors (Lipinski definition) is 5. The molecule has 0 aromatic heterocycles. The van der Waals surface area contributed by atoms with Crippen molar-refractivity contribution in [2.24, 2.45) is 22.7 Å². The second kappa shape index (κ2) is 6.72. The molecule has 166 valence electrons. The van der Waals surface area contributed by atoms with Gasteiger partial charge in [0.2, 0.25) is 0 Å². The average molecular weight is 435 g/mol. The number of rotatable bonds is 2. The van der Waals surface area contributed by atoms with Crippen LogP contribution in [0.25, 0.3) is 0 Å². The van der Waals surface area contributed by atoms with Crippen LogP contribution in [0.2, 0.25) is 0 Å². The van der Waals surface area contributed by atoms with E-state index in [1.165, 1.54) is 20.6 Å². The van der Waals surface area contributed by atoms with Gasteiger partial charge in [-0.1, -0.05) is 34.1 Å². The van der Waals surface area contributed by atoms with E-state index >= 15 is 0 Å². The van der Waals surface area contributed by atoms with Gasteiger partial charge in [-0.15, -0.1) is 0 Å². The fourth-order valence-corrected chi connectivity index (χ4v) is 9.76. The number of esters is 1. The summed E-state index contributed by atoms with van der Waals surface area (Å²) in [6.45, 7) is 9.16. The van der Waals surface area contributed by atoms with E-state index in [0.717, 1.165) is 25.7 Å². The van der Waals surface area contributed by atoms with E-state index in [1.807, 2.05) is 0 Å². The first kappa shape index (κ1) is 21.7. The fraction of sp³-hybridized carbons (Fsp3) is 0.708. The quantitative estimate of drug-likeness (QED) is 0.627. The van der Waals surface area contributed by atoms with Crippen LogP contribution >= 0.6 is 0 Å². The Bertz CT molecular complexity index is 995. The van der Waals surface area contributed by atoms with Gasteiger partial charge in [0.15, 0.2) is 9.84 Å². The lowest BCUT2D eigenvalue weighted by molar-refractivity contribution is -0.0983. The SMILES string of the molecule is COC(=O)c1cc(OC)cc2c1[C@]1(C)CC[C@H]3C(C)(C)CCC[C@]3(C)[C@H]1CS2(=O)=O. The predicted molar refractivity (Wildman–Crippen MR) is 116 cm³/mol. The van der Waals surface area contributed by atoms with Crippen LogP contribution in [-0.2, 0) is 20.0 Å². The first-order valence-electron chi connectivity index (χ1n) is 10.9. The summed E-state index contributed by atoms with van der Waals surface area (Å²) in [6.07, 6.45) is 5.26. The molecule has 4 atom stereocenters. The van der Waals surface area contributed by atoms with E-state index in [4.69, 9.17) is 9.47 Å². The van der Waals surface area contributed by atoms with Crippen LogP contribution in [0.1, 0.15) is 75.7 Å². The predicted octanol–water partition coefficient (Wildman–Crippen LogP) is 4.77. The molecule has 6 heteroatoms. The molecule has 0 N–H and O–H groups in total. The minimum Gasteiger partial charge on any atom is -0.497 e. The number of carbonyl (C=O) groups is 1. The summed E-state index contributed by atoms with van der Waals surface area (Å²) < 4.78 is 37.6. The van der Waals surface area contributed by atoms with E-state index in [1.54, 1.807) is 12.1 Å². The van der Waals surface area contributed by atoms with Gasteiger partial charge in [-0.25, -0.2) is 13.2 Å². The van der Waals surface area contributed by atoms with Gasteiger partial charge in [0.05, 0.1) is 30.4 Å². The third-order valence-electron chi connectivity index (χ3n) is 8.80. The van der Waals surface area contributed by atoms with E-state index in [-0.39, 0.29) is 27.4 Å². The Labute approximate surface area is 180 Å². The number of ether oxygens (including phenoxy) is 2. The smallest absolute Gasteiger partial charge is 0.338 e. The lowest BCUT2D eigenvalue weighted by Gasteiger charge is -2.64. The molecule has 2 fully saturated rings. The Balaban J connectivity index is 1.99. The lowest BCUT2D eigenvalue weighted by atomic mass is 9.42. The molecule has 30 heavy (non-hydrogen) atoms. The van der Waals surface area contributed by atoms with Crippen LogP contribution in [0.15, 0.2) is 17.0 Å². The van der Waals surface area contributed by atoms with Gasteiger partial charge in [0.1, 0.15) is 5.75 Å². The molecule has 1 aliphatic heterocycles. The third kappa shape index (κ3) is 2.85. The highest BCUT2D eigenvalue weighted by Crippen LogP contribution is 2.67. The summed E-state index contributed by atoms with van der Waals surface area (Å²) in [5, 5.41) is 0. The van der Waals surface area contributed by atoms with Gasteiger partial charge < -0.3 is 9.47 Å². The van der Waals surface area contributed by atoms with Crippen LogP contribution in [0.5, 0.6) is 5.75 Å². The normalized spacial score (nSPS) is 36.1. The Hall–Kier alpha value is -1.56. The molecule has 3 aliphatic rings. The van der Waals surface area contributed by atoms with Crippen molar-refractivity contribution in [1.82, 2.24) is 0 Å². The van der Waals surface area contributed by atoms with E-state index in [0.29, 0.717) is 22.8 Å². The van der Waals surface area contributed by atoms with E-state index in [9.17, 15) is 13.2 Å². The standard InChI is InChI=1S/C24H34O5S/c1-22(2)9-7-10-23(3)18(22)8-11-24(4)19(23)14-30(26,27)17-13-15(28-5)12-16(20(17)24)21(25)29-6/h12-13,18-19H,7-11,14H2,1-6H3/t18-,19+,23-,24+/m0/s1. The van der Waals surface area contributed by atoms with Gasteiger partial charge in [0, 0.05) is 0 Å². The zero-order valence-corrected chi connectivity index (χ0v) is 19.8. The van der Waals surface area contributed by atoms with Crippen molar-refractivity contribution < 1.29 is 22.7 Å². The summed E-state index contributed by atoms with van der Waals surface area (Å²) in [6, 6.07) is 3.24. The minimum atomic E-state index is -3.56. The second-order valence-corrected chi connectivity index (χ2v) is 12.7. The number of fused-ring (bicyclic) bond motifs is 5. The minimum absolute atomic E-state index is 0.0300. The molecular formula is C24H34O5S. The van der Waals surface area contributed by atoms with Crippen LogP contribution < -0.4 is 4.74 Å². The monoisotopic (exact) mass is 434 g/mol. The van der Waals surface area contributed by atoms with Crippen molar-refractivity contribution in [3.63, 3.8) is 0 Å². The number of hydrogen-bond donors (Lipinski definition) is 0. The van der Waals surface area contributed by atoms with E-state index in [2.05, 4.69) is 27.7 Å². The highest BCUT2D eigenvalue weighted by molar-refractivity contribution is 7.91. The first-order valence-corrected chi connectivity index (χ1v) is 12.6. The maximum Gasteiger partial charge on any atom is 0.338 e. The summed E-state index contributed by atoms with van der Waals surface area (Å²) >= 11 is 0. The zero-order chi connectivity index (χ0) is 22.1. The maximum absolute atomic E-state index is 13.6. The molecule has 0 amide bonds. The van der Waals surface area contributed by atoms with Gasteiger partial charge >= 0.3 is 5.97 Å². The molecule has 4 rings (SSSR count). The molecule has 2 saturated carbocycles. The van der Waals surface area contributed by atoms with Gasteiger partial charge in [-0.3, -0.25) is 0 Å². The number of carbonyl (C=O) groups excluding carboxylic acids is 1. The molecule has 0 bridgehead atoms. The Morgan fingerprint density at radius 1 is 1.03 bits per heavy atom. The maximum atomic E-state index is 13.6. The van der Waals surface area contributed by atoms with Gasteiger partial charge in [-0.05, 0) is 71.5 Å². The number of sulfone groups is 1. The molecule has 2 aliphatic carbocycles. The summed E-state index contributed by atoms with van der Waals surface area (Å²) in [5.74, 6) is 0.454. The first-order chi connectivity index (χ1) is 13.9. The summed E-state index contributed by atoms with van der Waals surface area (Å²) in [5.41, 5.74) is 0.708. The molecule has 0 spiro atoms. The van der Waals surface area contributed by atoms with Crippen molar-refractivity contribution in [3.05, 3.63) is 23.3 Å². The molecule has 1 heterocycles.